The normalized spacial score (nSPS) is 10.6. The van der Waals surface area contributed by atoms with E-state index in [1.807, 2.05) is 13.8 Å². The van der Waals surface area contributed by atoms with Crippen LogP contribution in [0.15, 0.2) is 30.7 Å². The maximum absolute atomic E-state index is 11.0. The topological polar surface area (TPSA) is 77.2 Å². The van der Waals surface area contributed by atoms with Crippen LogP contribution in [0.3, 0.4) is 0 Å². The van der Waals surface area contributed by atoms with Crippen molar-refractivity contribution < 1.29 is 14.6 Å². The summed E-state index contributed by atoms with van der Waals surface area (Å²) in [6.45, 7) is 3.81. The second-order valence-electron chi connectivity index (χ2n) is 3.96. The van der Waals surface area contributed by atoms with Crippen molar-refractivity contribution in [1.29, 1.82) is 0 Å². The Kier molecular flexibility index (Phi) is 3.27. The van der Waals surface area contributed by atoms with Crippen molar-refractivity contribution in [3.05, 3.63) is 36.4 Å². The quantitative estimate of drug-likeness (QED) is 0.890. The maximum Gasteiger partial charge on any atom is 0.356 e. The van der Waals surface area contributed by atoms with E-state index in [2.05, 4.69) is 10.1 Å². The van der Waals surface area contributed by atoms with Gasteiger partial charge in [0, 0.05) is 6.20 Å². The lowest BCUT2D eigenvalue weighted by Gasteiger charge is -2.06. The van der Waals surface area contributed by atoms with Crippen molar-refractivity contribution in [1.82, 2.24) is 14.8 Å². The SMILES string of the molecule is CC(C)Oc1cnn(-c2cccnc2C(=O)O)c1. The molecule has 0 amide bonds. The molecule has 94 valence electrons. The Morgan fingerprint density at radius 1 is 1.50 bits per heavy atom. The van der Waals surface area contributed by atoms with E-state index in [1.54, 1.807) is 24.5 Å². The van der Waals surface area contributed by atoms with E-state index >= 15 is 0 Å². The molecule has 18 heavy (non-hydrogen) atoms. The first-order valence-corrected chi connectivity index (χ1v) is 5.48. The molecule has 0 aliphatic carbocycles. The van der Waals surface area contributed by atoms with E-state index in [9.17, 15) is 4.79 Å². The minimum absolute atomic E-state index is 0.0375. The highest BCUT2D eigenvalue weighted by molar-refractivity contribution is 5.89. The van der Waals surface area contributed by atoms with Crippen LogP contribution in [0.5, 0.6) is 5.75 Å². The zero-order valence-corrected chi connectivity index (χ0v) is 10.1. The van der Waals surface area contributed by atoms with Crippen molar-refractivity contribution in [2.24, 2.45) is 0 Å². The Labute approximate surface area is 104 Å². The average Bonchev–Trinajstić information content (AvgIpc) is 2.76. The van der Waals surface area contributed by atoms with E-state index in [-0.39, 0.29) is 11.8 Å². The summed E-state index contributed by atoms with van der Waals surface area (Å²) in [5.41, 5.74) is 0.361. The van der Waals surface area contributed by atoms with Gasteiger partial charge in [0.25, 0.3) is 0 Å². The van der Waals surface area contributed by atoms with Crippen molar-refractivity contribution in [3.63, 3.8) is 0 Å². The molecule has 0 radical (unpaired) electrons. The van der Waals surface area contributed by atoms with Crippen molar-refractivity contribution in [2.75, 3.05) is 0 Å². The summed E-state index contributed by atoms with van der Waals surface area (Å²) in [5.74, 6) is -0.502. The Balaban J connectivity index is 2.37. The molecule has 6 nitrogen and oxygen atoms in total. The van der Waals surface area contributed by atoms with Gasteiger partial charge in [0.15, 0.2) is 11.4 Å². The predicted octanol–water partition coefficient (Wildman–Crippen LogP) is 1.75. The number of nitrogens with zero attached hydrogens (tertiary/aromatic N) is 3. The van der Waals surface area contributed by atoms with Gasteiger partial charge in [0.2, 0.25) is 0 Å². The van der Waals surface area contributed by atoms with Gasteiger partial charge in [-0.25, -0.2) is 14.5 Å². The fourth-order valence-electron chi connectivity index (χ4n) is 1.52. The molecular formula is C12H13N3O3. The molecule has 6 heteroatoms. The number of pyridine rings is 1. The maximum atomic E-state index is 11.0. The van der Waals surface area contributed by atoms with Gasteiger partial charge in [-0.1, -0.05) is 0 Å². The van der Waals surface area contributed by atoms with E-state index in [0.717, 1.165) is 0 Å². The molecule has 0 spiro atoms. The van der Waals surface area contributed by atoms with E-state index < -0.39 is 5.97 Å². The first-order chi connectivity index (χ1) is 8.58. The van der Waals surface area contributed by atoms with Crippen molar-refractivity contribution in [2.45, 2.75) is 20.0 Å². The highest BCUT2D eigenvalue weighted by Crippen LogP contribution is 2.16. The Bertz CT molecular complexity index is 563. The van der Waals surface area contributed by atoms with Gasteiger partial charge in [-0.2, -0.15) is 5.10 Å². The third-order valence-electron chi connectivity index (χ3n) is 2.17. The molecule has 2 aromatic rings. The third kappa shape index (κ3) is 2.48. The minimum atomic E-state index is -1.09. The van der Waals surface area contributed by atoms with Crippen LogP contribution in [0.25, 0.3) is 5.69 Å². The second-order valence-corrected chi connectivity index (χ2v) is 3.96. The molecular weight excluding hydrogens is 234 g/mol. The van der Waals surface area contributed by atoms with Crippen molar-refractivity contribution in [3.8, 4) is 11.4 Å². The predicted molar refractivity (Wildman–Crippen MR) is 64.1 cm³/mol. The molecule has 0 unspecified atom stereocenters. The monoisotopic (exact) mass is 247 g/mol. The zero-order valence-electron chi connectivity index (χ0n) is 10.1. The smallest absolute Gasteiger partial charge is 0.356 e. The number of ether oxygens (including phenoxy) is 1. The van der Waals surface area contributed by atoms with Gasteiger partial charge < -0.3 is 9.84 Å². The van der Waals surface area contributed by atoms with E-state index in [4.69, 9.17) is 9.84 Å². The number of aromatic nitrogens is 3. The van der Waals surface area contributed by atoms with Gasteiger partial charge in [-0.15, -0.1) is 0 Å². The number of rotatable bonds is 4. The van der Waals surface area contributed by atoms with Crippen LogP contribution in [0.4, 0.5) is 0 Å². The fraction of sp³-hybridized carbons (Fsp3) is 0.250. The van der Waals surface area contributed by atoms with Crippen LogP contribution in [-0.4, -0.2) is 31.9 Å². The number of carboxylic acid groups (broad SMARTS) is 1. The molecule has 2 rings (SSSR count). The van der Waals surface area contributed by atoms with Gasteiger partial charge >= 0.3 is 5.97 Å². The summed E-state index contributed by atoms with van der Waals surface area (Å²) >= 11 is 0. The Morgan fingerprint density at radius 3 is 2.94 bits per heavy atom. The van der Waals surface area contributed by atoms with Crippen LogP contribution < -0.4 is 4.74 Å². The van der Waals surface area contributed by atoms with Gasteiger partial charge in [-0.3, -0.25) is 0 Å². The first-order valence-electron chi connectivity index (χ1n) is 5.48. The number of carbonyl (C=O) groups is 1. The first kappa shape index (κ1) is 12.1. The van der Waals surface area contributed by atoms with Crippen LogP contribution in [0.2, 0.25) is 0 Å². The molecule has 0 aliphatic rings. The van der Waals surface area contributed by atoms with Crippen molar-refractivity contribution >= 4 is 5.97 Å². The summed E-state index contributed by atoms with van der Waals surface area (Å²) in [6, 6.07) is 3.30. The lowest BCUT2D eigenvalue weighted by Crippen LogP contribution is -2.08. The Hall–Kier alpha value is -2.37. The van der Waals surface area contributed by atoms with Crippen LogP contribution in [0.1, 0.15) is 24.3 Å². The molecule has 1 N–H and O–H groups in total. The third-order valence-corrected chi connectivity index (χ3v) is 2.17. The Morgan fingerprint density at radius 2 is 2.28 bits per heavy atom. The minimum Gasteiger partial charge on any atom is -0.488 e. The number of hydrogen-bond acceptors (Lipinski definition) is 4. The highest BCUT2D eigenvalue weighted by atomic mass is 16.5. The zero-order chi connectivity index (χ0) is 13.1. The summed E-state index contributed by atoms with van der Waals surface area (Å²) in [4.78, 5) is 14.9. The lowest BCUT2D eigenvalue weighted by molar-refractivity contribution is 0.0690. The lowest BCUT2D eigenvalue weighted by atomic mass is 10.3. The van der Waals surface area contributed by atoms with E-state index in [1.165, 1.54) is 10.9 Å². The van der Waals surface area contributed by atoms with Gasteiger partial charge in [0.1, 0.15) is 0 Å². The summed E-state index contributed by atoms with van der Waals surface area (Å²) in [6.07, 6.45) is 4.64. The van der Waals surface area contributed by atoms with Gasteiger partial charge in [-0.05, 0) is 26.0 Å². The average molecular weight is 247 g/mol. The summed E-state index contributed by atoms with van der Waals surface area (Å²) in [5, 5.41) is 13.1. The molecule has 0 saturated heterocycles. The van der Waals surface area contributed by atoms with E-state index in [0.29, 0.717) is 11.4 Å². The largest absolute Gasteiger partial charge is 0.488 e. The molecule has 0 aromatic carbocycles. The molecule has 2 aromatic heterocycles. The molecule has 0 atom stereocenters. The second kappa shape index (κ2) is 4.87. The summed E-state index contributed by atoms with van der Waals surface area (Å²) < 4.78 is 6.90. The molecule has 0 fully saturated rings. The molecule has 2 heterocycles. The fourth-order valence-corrected chi connectivity index (χ4v) is 1.52. The number of hydrogen-bond donors (Lipinski definition) is 1. The molecule has 0 saturated carbocycles. The van der Waals surface area contributed by atoms with Crippen LogP contribution in [-0.2, 0) is 0 Å². The van der Waals surface area contributed by atoms with Crippen LogP contribution in [0, 0.1) is 0 Å². The van der Waals surface area contributed by atoms with Gasteiger partial charge in [0.05, 0.1) is 24.2 Å². The highest BCUT2D eigenvalue weighted by Gasteiger charge is 2.14. The summed E-state index contributed by atoms with van der Waals surface area (Å²) in [7, 11) is 0. The number of carboxylic acids is 1. The molecule has 0 aliphatic heterocycles. The number of aromatic carboxylic acids is 1. The molecule has 0 bridgehead atoms. The standard InChI is InChI=1S/C12H13N3O3/c1-8(2)18-9-6-14-15(7-9)10-4-3-5-13-11(10)12(16)17/h3-8H,1-2H3,(H,16,17). The van der Waals surface area contributed by atoms with Crippen LogP contribution >= 0.6 is 0 Å².